The van der Waals surface area contributed by atoms with Crippen LogP contribution in [0.5, 0.6) is 17.5 Å². The number of nitrogens with zero attached hydrogens (tertiary/aromatic N) is 4. The molecule has 0 spiro atoms. The molecule has 1 unspecified atom stereocenters. The molecule has 44 heavy (non-hydrogen) atoms. The molecule has 0 amide bonds. The Morgan fingerprint density at radius 2 is 2.00 bits per heavy atom. The molecule has 3 aliphatic heterocycles. The van der Waals surface area contributed by atoms with Crippen molar-refractivity contribution in [3.63, 3.8) is 0 Å². The highest BCUT2D eigenvalue weighted by atomic mass is 19.1. The van der Waals surface area contributed by atoms with E-state index in [-0.39, 0.29) is 52.7 Å². The average molecular weight is 601 g/mol. The molecule has 1 N–H and O–H groups in total. The zero-order valence-electron chi connectivity index (χ0n) is 24.2. The van der Waals surface area contributed by atoms with E-state index in [1.807, 2.05) is 11.9 Å². The van der Waals surface area contributed by atoms with Gasteiger partial charge in [-0.2, -0.15) is 9.97 Å². The summed E-state index contributed by atoms with van der Waals surface area (Å²) in [6, 6.07) is 7.15. The van der Waals surface area contributed by atoms with Crippen molar-refractivity contribution in [3.05, 3.63) is 47.5 Å². The number of terminal acetylenes is 1. The van der Waals surface area contributed by atoms with E-state index in [0.29, 0.717) is 40.7 Å². The number of hydrogen-bond donors (Lipinski definition) is 1. The molecule has 1 aromatic heterocycles. The van der Waals surface area contributed by atoms with E-state index in [2.05, 4.69) is 15.8 Å². The lowest BCUT2D eigenvalue weighted by Crippen LogP contribution is -2.43. The van der Waals surface area contributed by atoms with Gasteiger partial charge in [0.1, 0.15) is 47.5 Å². The summed E-state index contributed by atoms with van der Waals surface area (Å²) in [5.74, 6) is 1.83. The van der Waals surface area contributed by atoms with Crippen molar-refractivity contribution in [3.8, 4) is 41.0 Å². The Balaban J connectivity index is 1.34. The maximum Gasteiger partial charge on any atom is 0.319 e. The number of rotatable bonds is 4. The van der Waals surface area contributed by atoms with Crippen molar-refractivity contribution in [2.24, 2.45) is 0 Å². The van der Waals surface area contributed by atoms with Gasteiger partial charge in [0, 0.05) is 31.0 Å². The van der Waals surface area contributed by atoms with E-state index in [0.717, 1.165) is 38.6 Å². The maximum absolute atomic E-state index is 16.9. The summed E-state index contributed by atoms with van der Waals surface area (Å²) in [5, 5.41) is 11.8. The van der Waals surface area contributed by atoms with Crippen molar-refractivity contribution in [2.75, 3.05) is 31.6 Å². The summed E-state index contributed by atoms with van der Waals surface area (Å²) in [4.78, 5) is 13.5. The highest BCUT2D eigenvalue weighted by Gasteiger charge is 2.49. The number of benzene rings is 3. The third-order valence-electron chi connectivity index (χ3n) is 10.1. The fourth-order valence-corrected chi connectivity index (χ4v) is 8.05. The number of alkyl halides is 1. The van der Waals surface area contributed by atoms with Gasteiger partial charge >= 0.3 is 6.01 Å². The van der Waals surface area contributed by atoms with Crippen LogP contribution >= 0.6 is 0 Å². The lowest BCUT2D eigenvalue weighted by Gasteiger charge is -2.31. The first kappa shape index (κ1) is 27.3. The predicted octanol–water partition coefficient (Wildman–Crippen LogP) is 6.12. The van der Waals surface area contributed by atoms with Crippen molar-refractivity contribution < 1.29 is 27.8 Å². The van der Waals surface area contributed by atoms with Gasteiger partial charge in [0.05, 0.1) is 22.5 Å². The molecule has 4 aliphatic rings. The zero-order chi connectivity index (χ0) is 30.3. The van der Waals surface area contributed by atoms with Crippen molar-refractivity contribution >= 4 is 27.5 Å². The van der Waals surface area contributed by atoms with Crippen LogP contribution in [0.25, 0.3) is 32.8 Å². The quantitative estimate of drug-likeness (QED) is 0.283. The zero-order valence-corrected chi connectivity index (χ0v) is 24.2. The van der Waals surface area contributed by atoms with Gasteiger partial charge in [-0.15, -0.1) is 6.42 Å². The molecule has 0 radical (unpaired) electrons. The maximum atomic E-state index is 16.9. The van der Waals surface area contributed by atoms with Crippen LogP contribution in [0.1, 0.15) is 44.1 Å². The monoisotopic (exact) mass is 600 g/mol. The lowest BCUT2D eigenvalue weighted by molar-refractivity contribution is 0.107. The Bertz CT molecular complexity index is 1890. The highest BCUT2D eigenvalue weighted by molar-refractivity contribution is 6.05. The van der Waals surface area contributed by atoms with Gasteiger partial charge in [-0.05, 0) is 73.9 Å². The Morgan fingerprint density at radius 1 is 1.14 bits per heavy atom. The summed E-state index contributed by atoms with van der Waals surface area (Å²) in [5.41, 5.74) is -0.207. The first-order valence-electron chi connectivity index (χ1n) is 15.1. The van der Waals surface area contributed by atoms with Crippen LogP contribution in [0.15, 0.2) is 30.3 Å². The summed E-state index contributed by atoms with van der Waals surface area (Å²) in [7, 11) is 1.92. The van der Waals surface area contributed by atoms with Gasteiger partial charge in [-0.1, -0.05) is 12.0 Å². The van der Waals surface area contributed by atoms with E-state index in [1.54, 1.807) is 6.07 Å². The molecule has 4 heterocycles. The van der Waals surface area contributed by atoms with Crippen LogP contribution in [-0.4, -0.2) is 70.6 Å². The second-order valence-electron chi connectivity index (χ2n) is 12.6. The number of halogens is 3. The fourth-order valence-electron chi connectivity index (χ4n) is 8.05. The number of ether oxygens (including phenoxy) is 2. The fraction of sp³-hybridized carbons (Fsp3) is 0.412. The van der Waals surface area contributed by atoms with Crippen LogP contribution in [0.4, 0.5) is 19.0 Å². The average Bonchev–Trinajstić information content (AvgIpc) is 3.69. The summed E-state index contributed by atoms with van der Waals surface area (Å²) in [6.45, 7) is 1.40. The van der Waals surface area contributed by atoms with E-state index < -0.39 is 23.3 Å². The molecule has 226 valence electrons. The van der Waals surface area contributed by atoms with Gasteiger partial charge in [0.25, 0.3) is 0 Å². The molecule has 1 saturated carbocycles. The Morgan fingerprint density at radius 3 is 2.84 bits per heavy atom. The van der Waals surface area contributed by atoms with E-state index in [4.69, 9.17) is 20.9 Å². The number of aromatic hydroxyl groups is 1. The molecule has 7 nitrogen and oxygen atoms in total. The van der Waals surface area contributed by atoms with Gasteiger partial charge < -0.3 is 19.5 Å². The molecule has 4 atom stereocenters. The van der Waals surface area contributed by atoms with Crippen LogP contribution < -0.4 is 14.4 Å². The Labute approximate surface area is 252 Å². The lowest BCUT2D eigenvalue weighted by atomic mass is 9.92. The van der Waals surface area contributed by atoms with Crippen LogP contribution in [0.2, 0.25) is 0 Å². The third-order valence-corrected chi connectivity index (χ3v) is 10.1. The summed E-state index contributed by atoms with van der Waals surface area (Å²) in [6.07, 6.45) is 9.46. The highest BCUT2D eigenvalue weighted by Crippen LogP contribution is 2.47. The molecule has 4 aromatic rings. The first-order valence-corrected chi connectivity index (χ1v) is 15.1. The van der Waals surface area contributed by atoms with Crippen LogP contribution in [0, 0.1) is 24.0 Å². The second kappa shape index (κ2) is 9.89. The normalized spacial score (nSPS) is 26.0. The van der Waals surface area contributed by atoms with Crippen LogP contribution in [0.3, 0.4) is 0 Å². The van der Waals surface area contributed by atoms with Gasteiger partial charge in [0.15, 0.2) is 5.82 Å². The molecule has 1 aliphatic carbocycles. The van der Waals surface area contributed by atoms with Crippen LogP contribution in [-0.2, 0) is 0 Å². The predicted molar refractivity (Wildman–Crippen MR) is 161 cm³/mol. The molecule has 2 saturated heterocycles. The molecule has 3 fully saturated rings. The molecule has 8 rings (SSSR count). The summed E-state index contributed by atoms with van der Waals surface area (Å²) >= 11 is 0. The van der Waals surface area contributed by atoms with E-state index in [1.165, 1.54) is 24.3 Å². The van der Waals surface area contributed by atoms with Gasteiger partial charge in [-0.3, -0.25) is 4.90 Å². The molecule has 0 bridgehead atoms. The second-order valence-corrected chi connectivity index (χ2v) is 12.6. The third kappa shape index (κ3) is 4.02. The van der Waals surface area contributed by atoms with E-state index >= 15 is 4.39 Å². The summed E-state index contributed by atoms with van der Waals surface area (Å²) < 4.78 is 59.0. The SMILES string of the molecule is C#Cc1c(F)ccc2cc(O)cc(-c3cc4c5c(nc(OC[C@@]67CCCN6C[C@H](F)C7)nc5c3F)N(C)[C@H]3CCCC3O4)c12. The minimum Gasteiger partial charge on any atom is -0.508 e. The number of likely N-dealkylation sites (N-methyl/N-ethyl adjacent to an activating group) is 1. The smallest absolute Gasteiger partial charge is 0.319 e. The Kier molecular flexibility index (Phi) is 6.14. The van der Waals surface area contributed by atoms with Crippen molar-refractivity contribution in [1.82, 2.24) is 14.9 Å². The Hall–Kier alpha value is -4.23. The first-order chi connectivity index (χ1) is 21.3. The topological polar surface area (TPSA) is 71.0 Å². The number of anilines is 1. The molecule has 10 heteroatoms. The largest absolute Gasteiger partial charge is 0.508 e. The number of phenolic OH excluding ortho intramolecular Hbond substituents is 1. The number of hydrogen-bond acceptors (Lipinski definition) is 7. The molecular formula is C34H31F3N4O3. The minimum atomic E-state index is -0.916. The van der Waals surface area contributed by atoms with Gasteiger partial charge in [-0.25, -0.2) is 13.2 Å². The number of phenols is 1. The van der Waals surface area contributed by atoms with Crippen molar-refractivity contribution in [2.45, 2.75) is 62.4 Å². The minimum absolute atomic E-state index is 0.00236. The van der Waals surface area contributed by atoms with E-state index in [9.17, 15) is 13.9 Å². The molecule has 3 aromatic carbocycles. The van der Waals surface area contributed by atoms with Crippen molar-refractivity contribution in [1.29, 1.82) is 0 Å². The number of fused-ring (bicyclic) bond motifs is 3. The van der Waals surface area contributed by atoms with Gasteiger partial charge in [0.2, 0.25) is 0 Å². The number of aromatic nitrogens is 2. The molecular weight excluding hydrogens is 569 g/mol. The standard InChI is InChI=1S/C34H31F3N4O3/c1-3-21-24(36)9-8-18-12-20(42)13-22(28(18)21)23-14-27-29-31(30(23)37)38-33(39-32(29)40(2)25-6-4-7-26(25)44-27)43-17-34-10-5-11-41(34)16-19(35)15-34/h1,8-9,12-14,19,25-26,42H,4-7,10-11,15-17H2,2H3/t19-,25+,26?,34+/m1/s1.